The van der Waals surface area contributed by atoms with Gasteiger partial charge in [-0.2, -0.15) is 13.9 Å². The minimum Gasteiger partial charge on any atom is -0.354 e. The van der Waals surface area contributed by atoms with Gasteiger partial charge in [0.1, 0.15) is 17.2 Å². The van der Waals surface area contributed by atoms with Gasteiger partial charge in [-0.25, -0.2) is 4.99 Å². The number of fused-ring (bicyclic) bond motifs is 1. The third-order valence-electron chi connectivity index (χ3n) is 6.39. The molecule has 6 heteroatoms. The van der Waals surface area contributed by atoms with Crippen LogP contribution in [0.4, 0.5) is 8.78 Å². The van der Waals surface area contributed by atoms with E-state index < -0.39 is 5.92 Å². The van der Waals surface area contributed by atoms with Crippen molar-refractivity contribution in [3.8, 4) is 0 Å². The molecule has 4 aliphatic rings. The van der Waals surface area contributed by atoms with Crippen molar-refractivity contribution < 1.29 is 8.78 Å². The number of aromatic amines is 1. The highest BCUT2D eigenvalue weighted by Gasteiger charge is 2.52. The summed E-state index contributed by atoms with van der Waals surface area (Å²) in [6, 6.07) is 1.91. The normalized spacial score (nSPS) is 29.0. The van der Waals surface area contributed by atoms with Crippen molar-refractivity contribution in [2.45, 2.75) is 70.3 Å². The van der Waals surface area contributed by atoms with Crippen molar-refractivity contribution in [2.75, 3.05) is 6.54 Å². The van der Waals surface area contributed by atoms with Gasteiger partial charge in [-0.15, -0.1) is 0 Å². The Kier molecular flexibility index (Phi) is 4.47. The second-order valence-corrected chi connectivity index (χ2v) is 8.68. The Morgan fingerprint density at radius 1 is 1.41 bits per heavy atom. The molecule has 5 rings (SSSR count). The van der Waals surface area contributed by atoms with Gasteiger partial charge in [-0.1, -0.05) is 32.4 Å². The minimum atomic E-state index is -3.25. The summed E-state index contributed by atoms with van der Waals surface area (Å²) in [4.78, 5) is 6.35. The molecule has 0 unspecified atom stereocenters. The fourth-order valence-electron chi connectivity index (χ4n) is 4.92. The maximum Gasteiger partial charge on any atom is 0.333 e. The molecule has 2 saturated carbocycles. The molecular weight excluding hydrogens is 346 g/mol. The first kappa shape index (κ1) is 18.4. The van der Waals surface area contributed by atoms with Crippen molar-refractivity contribution in [1.82, 2.24) is 15.1 Å². The summed E-state index contributed by atoms with van der Waals surface area (Å²) in [5.74, 6) is -2.51. The molecule has 1 N–H and O–H groups in total. The highest BCUT2D eigenvalue weighted by atomic mass is 19.3. The van der Waals surface area contributed by atoms with E-state index in [1.165, 1.54) is 12.1 Å². The Bertz CT molecular complexity index is 780. The van der Waals surface area contributed by atoms with Gasteiger partial charge in [0.05, 0.1) is 0 Å². The van der Waals surface area contributed by atoms with E-state index in [1.807, 2.05) is 0 Å². The van der Waals surface area contributed by atoms with Crippen LogP contribution in [0, 0.1) is 5.41 Å². The van der Waals surface area contributed by atoms with E-state index in [9.17, 15) is 0 Å². The number of halogens is 2. The average Bonchev–Trinajstić information content (AvgIpc) is 3.35. The molecule has 0 atom stereocenters. The number of H-pyrrole nitrogens is 1. The predicted octanol–water partition coefficient (Wildman–Crippen LogP) is 5.13. The van der Waals surface area contributed by atoms with Crippen LogP contribution in [-0.4, -0.2) is 33.4 Å². The van der Waals surface area contributed by atoms with Crippen molar-refractivity contribution in [1.29, 1.82) is 0 Å². The summed E-state index contributed by atoms with van der Waals surface area (Å²) in [5.41, 5.74) is 0.555. The molecule has 2 bridgehead atoms. The van der Waals surface area contributed by atoms with Crippen LogP contribution in [0.15, 0.2) is 35.6 Å². The van der Waals surface area contributed by atoms with Gasteiger partial charge >= 0.3 is 5.92 Å². The quantitative estimate of drug-likeness (QED) is 0.702. The van der Waals surface area contributed by atoms with Crippen molar-refractivity contribution in [2.24, 2.45) is 10.4 Å². The van der Waals surface area contributed by atoms with E-state index in [1.54, 1.807) is 13.0 Å². The van der Waals surface area contributed by atoms with Crippen LogP contribution in [-0.2, 0) is 5.92 Å². The first-order valence-corrected chi connectivity index (χ1v) is 9.93. The second-order valence-electron chi connectivity index (χ2n) is 8.68. The summed E-state index contributed by atoms with van der Waals surface area (Å²) in [5, 5.41) is 6.78. The Morgan fingerprint density at radius 3 is 2.70 bits per heavy atom. The van der Waals surface area contributed by atoms with E-state index in [-0.39, 0.29) is 11.4 Å². The molecule has 0 radical (unpaired) electrons. The topological polar surface area (TPSA) is 44.3 Å². The Morgan fingerprint density at radius 2 is 2.11 bits per heavy atom. The number of nitrogens with zero attached hydrogens (tertiary/aromatic N) is 3. The lowest BCUT2D eigenvalue weighted by Crippen LogP contribution is -2.32. The SMILES string of the molecule is C=C(/N=C(\C=C/C)C(F)(F)c1cc(C2CCCC2)[nH]n1)N1CC2(C)CC1C2. The summed E-state index contributed by atoms with van der Waals surface area (Å²) in [6.07, 6.45) is 9.53. The van der Waals surface area contributed by atoms with Gasteiger partial charge < -0.3 is 4.90 Å². The molecule has 4 fully saturated rings. The smallest absolute Gasteiger partial charge is 0.333 e. The van der Waals surface area contributed by atoms with E-state index in [0.29, 0.717) is 23.2 Å². The number of rotatable bonds is 6. The van der Waals surface area contributed by atoms with Gasteiger partial charge in [0.15, 0.2) is 0 Å². The number of allylic oxidation sites excluding steroid dienone is 2. The standard InChI is InChI=1S/C21H28F2N4/c1-4-7-18(24-14(2)27-13-20(3)11-16(27)12-20)21(22,23)19-10-17(25-26-19)15-8-5-6-9-15/h4,7,10,15-16H,2,5-6,8-9,11-13H2,1,3H3,(H,25,26)/b7-4-,24-18+. The molecular formula is C21H28F2N4. The van der Waals surface area contributed by atoms with Gasteiger partial charge in [-0.05, 0) is 50.2 Å². The fourth-order valence-corrected chi connectivity index (χ4v) is 4.92. The lowest BCUT2D eigenvalue weighted by molar-refractivity contribution is 0.0716. The van der Waals surface area contributed by atoms with E-state index in [4.69, 9.17) is 0 Å². The van der Waals surface area contributed by atoms with Crippen molar-refractivity contribution in [3.05, 3.63) is 42.0 Å². The summed E-state index contributed by atoms with van der Waals surface area (Å²) in [7, 11) is 0. The van der Waals surface area contributed by atoms with Crippen LogP contribution < -0.4 is 0 Å². The van der Waals surface area contributed by atoms with Crippen LogP contribution in [0.1, 0.15) is 69.7 Å². The molecule has 146 valence electrons. The second kappa shape index (κ2) is 6.57. The third kappa shape index (κ3) is 3.23. The third-order valence-corrected chi connectivity index (χ3v) is 6.39. The number of aliphatic imine (C=N–C) groups is 1. The number of hydrogen-bond donors (Lipinski definition) is 1. The summed E-state index contributed by atoms with van der Waals surface area (Å²) < 4.78 is 30.4. The van der Waals surface area contributed by atoms with E-state index in [0.717, 1.165) is 50.8 Å². The summed E-state index contributed by atoms with van der Waals surface area (Å²) >= 11 is 0. The number of aromatic nitrogens is 2. The first-order chi connectivity index (χ1) is 12.8. The van der Waals surface area contributed by atoms with Gasteiger partial charge in [0, 0.05) is 24.2 Å². The maximum atomic E-state index is 15.2. The fraction of sp³-hybridized carbons (Fsp3) is 0.619. The van der Waals surface area contributed by atoms with Gasteiger partial charge in [-0.3, -0.25) is 5.10 Å². The van der Waals surface area contributed by atoms with Crippen molar-refractivity contribution in [3.63, 3.8) is 0 Å². The van der Waals surface area contributed by atoms with Crippen LogP contribution in [0.5, 0.6) is 0 Å². The Labute approximate surface area is 159 Å². The van der Waals surface area contributed by atoms with Crippen LogP contribution in [0.25, 0.3) is 0 Å². The van der Waals surface area contributed by atoms with Crippen LogP contribution >= 0.6 is 0 Å². The van der Waals surface area contributed by atoms with Crippen LogP contribution in [0.2, 0.25) is 0 Å². The molecule has 2 saturated heterocycles. The van der Waals surface area contributed by atoms with Gasteiger partial charge in [0.25, 0.3) is 0 Å². The van der Waals surface area contributed by atoms with E-state index >= 15 is 8.78 Å². The molecule has 2 aliphatic heterocycles. The predicted molar refractivity (Wildman–Crippen MR) is 103 cm³/mol. The minimum absolute atomic E-state index is 0.258. The molecule has 3 heterocycles. The lowest BCUT2D eigenvalue weighted by Gasteiger charge is -2.33. The van der Waals surface area contributed by atoms with Crippen LogP contribution in [0.3, 0.4) is 0 Å². The molecule has 1 aromatic rings. The lowest BCUT2D eigenvalue weighted by atomic mass is 9.72. The van der Waals surface area contributed by atoms with E-state index in [2.05, 4.69) is 33.6 Å². The zero-order chi connectivity index (χ0) is 19.2. The number of hydrogen-bond acceptors (Lipinski definition) is 3. The molecule has 0 amide bonds. The molecule has 27 heavy (non-hydrogen) atoms. The van der Waals surface area contributed by atoms with Crippen molar-refractivity contribution >= 4 is 5.71 Å². The number of alkyl halides is 2. The molecule has 0 aromatic carbocycles. The maximum absolute atomic E-state index is 15.2. The average molecular weight is 374 g/mol. The zero-order valence-electron chi connectivity index (χ0n) is 16.1. The largest absolute Gasteiger partial charge is 0.354 e. The monoisotopic (exact) mass is 374 g/mol. The molecule has 2 aliphatic carbocycles. The highest BCUT2D eigenvalue weighted by Crippen LogP contribution is 2.52. The first-order valence-electron chi connectivity index (χ1n) is 9.93. The number of nitrogens with one attached hydrogen (secondary N) is 1. The van der Waals surface area contributed by atoms with Gasteiger partial charge in [0.2, 0.25) is 0 Å². The molecule has 4 nitrogen and oxygen atoms in total. The summed E-state index contributed by atoms with van der Waals surface area (Å²) in [6.45, 7) is 8.79. The Hall–Kier alpha value is -1.98. The zero-order valence-corrected chi connectivity index (χ0v) is 16.1. The Balaban J connectivity index is 1.57. The molecule has 0 spiro atoms. The highest BCUT2D eigenvalue weighted by molar-refractivity contribution is 6.01. The molecule has 1 aromatic heterocycles.